The number of carbonyl (C=O) groups is 1. The summed E-state index contributed by atoms with van der Waals surface area (Å²) in [6.07, 6.45) is 1.37. The Kier molecular flexibility index (Phi) is 13.1. The Balaban J connectivity index is 0.00000243. The van der Waals surface area contributed by atoms with Crippen LogP contribution in [-0.2, 0) is 9.53 Å². The maximum Gasteiger partial charge on any atom is 0.249 e. The molecule has 1 unspecified atom stereocenters. The highest BCUT2D eigenvalue weighted by Crippen LogP contribution is 2.19. The summed E-state index contributed by atoms with van der Waals surface area (Å²) in [5, 5.41) is 3.05. The van der Waals surface area contributed by atoms with E-state index in [-0.39, 0.29) is 55.3 Å². The molecule has 162 valence electrons. The van der Waals surface area contributed by atoms with Crippen LogP contribution in [0.4, 0.5) is 5.69 Å². The number of rotatable bonds is 6. The molecule has 0 saturated carbocycles. The van der Waals surface area contributed by atoms with Crippen LogP contribution in [0, 0.1) is 0 Å². The van der Waals surface area contributed by atoms with Crippen molar-refractivity contribution in [3.8, 4) is 0 Å². The van der Waals surface area contributed by atoms with Gasteiger partial charge in [-0.15, -0.1) is 37.2 Å². The number of benzene rings is 1. The Morgan fingerprint density at radius 1 is 1.14 bits per heavy atom. The van der Waals surface area contributed by atoms with E-state index in [4.69, 9.17) is 10.5 Å². The van der Waals surface area contributed by atoms with Gasteiger partial charge in [0.15, 0.2) is 0 Å². The maximum absolute atomic E-state index is 12.2. The summed E-state index contributed by atoms with van der Waals surface area (Å²) >= 11 is 0. The standard InChI is InChI=1S/C19H30N4O2.3ClH/c1-15(14-21-19(24)18-8-7-17(13-20)25-18)22-9-11-23(12-10-22)16-5-3-2-4-6-16;;;/h2-6,15,17-18H,7-14,20H2,1H3,(H,21,24);3*1H/t15?,17-,18+;;;/m1.../s1. The number of carbonyl (C=O) groups excluding carboxylic acids is 1. The number of amides is 1. The Bertz CT molecular complexity index is 559. The fraction of sp³-hybridized carbons (Fsp3) is 0.632. The first-order valence-electron chi connectivity index (χ1n) is 9.34. The van der Waals surface area contributed by atoms with Gasteiger partial charge in [0.25, 0.3) is 0 Å². The fourth-order valence-electron chi connectivity index (χ4n) is 3.62. The highest BCUT2D eigenvalue weighted by atomic mass is 35.5. The van der Waals surface area contributed by atoms with E-state index in [1.807, 2.05) is 6.07 Å². The molecule has 0 aliphatic carbocycles. The van der Waals surface area contributed by atoms with Crippen LogP contribution in [0.3, 0.4) is 0 Å². The molecule has 1 aromatic rings. The summed E-state index contributed by atoms with van der Waals surface area (Å²) < 4.78 is 5.66. The zero-order valence-electron chi connectivity index (χ0n) is 16.3. The summed E-state index contributed by atoms with van der Waals surface area (Å²) in [5.41, 5.74) is 6.89. The van der Waals surface area contributed by atoms with E-state index < -0.39 is 0 Å². The smallest absolute Gasteiger partial charge is 0.249 e. The van der Waals surface area contributed by atoms with Gasteiger partial charge in [-0.2, -0.15) is 0 Å². The second-order valence-electron chi connectivity index (χ2n) is 7.01. The monoisotopic (exact) mass is 454 g/mol. The molecule has 3 atom stereocenters. The van der Waals surface area contributed by atoms with Gasteiger partial charge < -0.3 is 20.7 Å². The Hall–Kier alpha value is -0.760. The number of nitrogens with two attached hydrogens (primary N) is 1. The van der Waals surface area contributed by atoms with Crippen molar-refractivity contribution < 1.29 is 9.53 Å². The molecule has 2 saturated heterocycles. The molecule has 28 heavy (non-hydrogen) atoms. The predicted molar refractivity (Wildman–Crippen MR) is 121 cm³/mol. The third kappa shape index (κ3) is 7.25. The van der Waals surface area contributed by atoms with Crippen molar-refractivity contribution >= 4 is 48.8 Å². The Morgan fingerprint density at radius 2 is 1.79 bits per heavy atom. The Morgan fingerprint density at radius 3 is 2.36 bits per heavy atom. The normalized spacial score (nSPS) is 23.0. The van der Waals surface area contributed by atoms with Crippen LogP contribution >= 0.6 is 37.2 Å². The molecule has 2 heterocycles. The summed E-state index contributed by atoms with van der Waals surface area (Å²) in [6, 6.07) is 10.9. The summed E-state index contributed by atoms with van der Waals surface area (Å²) in [6.45, 7) is 7.40. The second kappa shape index (κ2) is 13.5. The average Bonchev–Trinajstić information content (AvgIpc) is 3.16. The molecule has 2 aliphatic heterocycles. The molecule has 2 fully saturated rings. The number of nitrogens with zero attached hydrogens (tertiary/aromatic N) is 2. The molecular weight excluding hydrogens is 423 g/mol. The summed E-state index contributed by atoms with van der Waals surface area (Å²) in [5.74, 6) is 0.00530. The summed E-state index contributed by atoms with van der Waals surface area (Å²) in [4.78, 5) is 17.1. The van der Waals surface area contributed by atoms with E-state index in [0.717, 1.165) is 39.0 Å². The highest BCUT2D eigenvalue weighted by Gasteiger charge is 2.30. The molecule has 0 bridgehead atoms. The zero-order chi connectivity index (χ0) is 17.6. The third-order valence-electron chi connectivity index (χ3n) is 5.29. The van der Waals surface area contributed by atoms with Crippen LogP contribution in [0.15, 0.2) is 30.3 Å². The molecule has 3 rings (SSSR count). The highest BCUT2D eigenvalue weighted by molar-refractivity contribution is 5.86. The SMILES string of the molecule is CC(CNC(=O)[C@@H]1CC[C@H](CN)O1)N1CCN(c2ccccc2)CC1.Cl.Cl.Cl. The lowest BCUT2D eigenvalue weighted by molar-refractivity contribution is -0.132. The molecule has 6 nitrogen and oxygen atoms in total. The van der Waals surface area contributed by atoms with Gasteiger partial charge in [0.05, 0.1) is 6.10 Å². The van der Waals surface area contributed by atoms with Crippen molar-refractivity contribution in [3.63, 3.8) is 0 Å². The molecule has 0 spiro atoms. The van der Waals surface area contributed by atoms with Gasteiger partial charge in [0.2, 0.25) is 5.91 Å². The van der Waals surface area contributed by atoms with Crippen molar-refractivity contribution in [2.45, 2.75) is 38.0 Å². The first kappa shape index (κ1) is 27.2. The largest absolute Gasteiger partial charge is 0.369 e. The number of ether oxygens (including phenoxy) is 1. The predicted octanol–water partition coefficient (Wildman–Crippen LogP) is 2.09. The van der Waals surface area contributed by atoms with Crippen LogP contribution < -0.4 is 16.0 Å². The van der Waals surface area contributed by atoms with Gasteiger partial charge in [-0.25, -0.2) is 0 Å². The van der Waals surface area contributed by atoms with E-state index >= 15 is 0 Å². The van der Waals surface area contributed by atoms with Gasteiger partial charge in [-0.3, -0.25) is 9.69 Å². The molecule has 3 N–H and O–H groups in total. The maximum atomic E-state index is 12.2. The zero-order valence-corrected chi connectivity index (χ0v) is 18.7. The third-order valence-corrected chi connectivity index (χ3v) is 5.29. The lowest BCUT2D eigenvalue weighted by atomic mass is 10.1. The molecule has 1 aromatic carbocycles. The lowest BCUT2D eigenvalue weighted by Gasteiger charge is -2.39. The van der Waals surface area contributed by atoms with Crippen LogP contribution in [0.2, 0.25) is 0 Å². The van der Waals surface area contributed by atoms with Gasteiger partial charge in [-0.05, 0) is 31.9 Å². The van der Waals surface area contributed by atoms with Crippen molar-refractivity contribution in [2.24, 2.45) is 5.73 Å². The molecule has 9 heteroatoms. The van der Waals surface area contributed by atoms with Crippen molar-refractivity contribution in [1.29, 1.82) is 0 Å². The molecular formula is C19H33Cl3N4O2. The minimum atomic E-state index is -0.323. The van der Waals surface area contributed by atoms with E-state index in [1.165, 1.54) is 5.69 Å². The quantitative estimate of drug-likeness (QED) is 0.687. The molecule has 0 aromatic heterocycles. The molecule has 2 aliphatic rings. The first-order valence-corrected chi connectivity index (χ1v) is 9.34. The Labute approximate surface area is 186 Å². The number of piperazine rings is 1. The van der Waals surface area contributed by atoms with Gasteiger partial charge in [0, 0.05) is 51.0 Å². The lowest BCUT2D eigenvalue weighted by Crippen LogP contribution is -2.53. The fourth-order valence-corrected chi connectivity index (χ4v) is 3.62. The van der Waals surface area contributed by atoms with Gasteiger partial charge >= 0.3 is 0 Å². The number of anilines is 1. The minimum Gasteiger partial charge on any atom is -0.369 e. The average molecular weight is 456 g/mol. The van der Waals surface area contributed by atoms with Crippen molar-refractivity contribution in [2.75, 3.05) is 44.2 Å². The molecule has 1 amide bonds. The van der Waals surface area contributed by atoms with Crippen molar-refractivity contribution in [3.05, 3.63) is 30.3 Å². The first-order chi connectivity index (χ1) is 12.2. The van der Waals surface area contributed by atoms with Crippen LogP contribution in [0.25, 0.3) is 0 Å². The van der Waals surface area contributed by atoms with Gasteiger partial charge in [0.1, 0.15) is 6.10 Å². The van der Waals surface area contributed by atoms with Gasteiger partial charge in [-0.1, -0.05) is 18.2 Å². The number of hydrogen-bond donors (Lipinski definition) is 2. The topological polar surface area (TPSA) is 70.8 Å². The van der Waals surface area contributed by atoms with E-state index in [2.05, 4.69) is 46.3 Å². The minimum absolute atomic E-state index is 0. The van der Waals surface area contributed by atoms with Crippen LogP contribution in [-0.4, -0.2) is 68.3 Å². The van der Waals surface area contributed by atoms with Crippen LogP contribution in [0.1, 0.15) is 19.8 Å². The molecule has 0 radical (unpaired) electrons. The number of para-hydroxylation sites is 1. The second-order valence-corrected chi connectivity index (χ2v) is 7.01. The number of nitrogens with one attached hydrogen (secondary N) is 1. The van der Waals surface area contributed by atoms with E-state index in [9.17, 15) is 4.79 Å². The van der Waals surface area contributed by atoms with E-state index in [0.29, 0.717) is 19.1 Å². The van der Waals surface area contributed by atoms with Crippen molar-refractivity contribution in [1.82, 2.24) is 10.2 Å². The number of hydrogen-bond acceptors (Lipinski definition) is 5. The van der Waals surface area contributed by atoms with Crippen LogP contribution in [0.5, 0.6) is 0 Å². The summed E-state index contributed by atoms with van der Waals surface area (Å²) in [7, 11) is 0. The number of halogens is 3. The van der Waals surface area contributed by atoms with E-state index in [1.54, 1.807) is 0 Å².